The summed E-state index contributed by atoms with van der Waals surface area (Å²) < 4.78 is 12.4. The predicted octanol–water partition coefficient (Wildman–Crippen LogP) is 4.94. The van der Waals surface area contributed by atoms with E-state index < -0.39 is 29.7 Å². The molecule has 1 aromatic heterocycles. The third kappa shape index (κ3) is 7.43. The number of piperidine rings is 1. The van der Waals surface area contributed by atoms with Gasteiger partial charge in [0.1, 0.15) is 30.3 Å². The van der Waals surface area contributed by atoms with Gasteiger partial charge in [0.2, 0.25) is 17.8 Å². The number of nitrogens with zero attached hydrogens (tertiary/aromatic N) is 5. The number of hydrogen-bond donors (Lipinski definition) is 2. The zero-order valence-corrected chi connectivity index (χ0v) is 32.2. The van der Waals surface area contributed by atoms with Crippen LogP contribution in [-0.4, -0.2) is 94.3 Å². The number of carbonyl (C=O) groups excluding carboxylic acids is 4. The van der Waals surface area contributed by atoms with Crippen molar-refractivity contribution in [1.82, 2.24) is 25.1 Å². The van der Waals surface area contributed by atoms with E-state index in [4.69, 9.17) is 14.5 Å². The lowest BCUT2D eigenvalue weighted by Gasteiger charge is -2.37. The number of benzene rings is 3. The van der Waals surface area contributed by atoms with Crippen LogP contribution in [0.2, 0.25) is 0 Å². The number of ether oxygens (including phenoxy) is 2. The van der Waals surface area contributed by atoms with Crippen LogP contribution < -0.4 is 25.0 Å². The third-order valence-corrected chi connectivity index (χ3v) is 11.7. The smallest absolute Gasteiger partial charge is 0.262 e. The molecule has 4 amide bonds. The van der Waals surface area contributed by atoms with E-state index in [0.29, 0.717) is 12.6 Å². The first-order chi connectivity index (χ1) is 26.9. The van der Waals surface area contributed by atoms with Gasteiger partial charge in [0.15, 0.2) is 0 Å². The summed E-state index contributed by atoms with van der Waals surface area (Å²) in [6.45, 7) is 9.80. The molecule has 4 heterocycles. The van der Waals surface area contributed by atoms with E-state index in [1.165, 1.54) is 11.1 Å². The number of amides is 4. The number of likely N-dealkylation sites (N-methyl/N-ethyl adjacent to an activating group) is 1. The SMILES string of the molecule is C[C@@H]1CN(c2nccc(COc3ccc(C(C)(C)c4ccc(OC5CC(Nc6ccc7c(c6)C(=O)N([C@@H]6CCC(=O)NC6=O)C7=O)C5)cc4)cc3)n2)CCN1C. The van der Waals surface area contributed by atoms with Crippen LogP contribution in [0.25, 0.3) is 0 Å². The number of piperazine rings is 1. The highest BCUT2D eigenvalue weighted by Gasteiger charge is 2.45. The quantitative estimate of drug-likeness (QED) is 0.201. The molecule has 0 bridgehead atoms. The Labute approximate surface area is 326 Å². The number of aromatic nitrogens is 2. The Morgan fingerprint density at radius 1 is 0.875 bits per heavy atom. The minimum atomic E-state index is -0.985. The maximum Gasteiger partial charge on any atom is 0.262 e. The van der Waals surface area contributed by atoms with E-state index in [0.717, 1.165) is 66.2 Å². The van der Waals surface area contributed by atoms with E-state index in [1.807, 2.05) is 36.5 Å². The van der Waals surface area contributed by atoms with E-state index in [1.54, 1.807) is 18.2 Å². The summed E-state index contributed by atoms with van der Waals surface area (Å²) in [5.41, 5.74) is 4.18. The Morgan fingerprint density at radius 3 is 2.27 bits per heavy atom. The van der Waals surface area contributed by atoms with E-state index in [2.05, 4.69) is 77.5 Å². The highest BCUT2D eigenvalue weighted by atomic mass is 16.5. The van der Waals surface area contributed by atoms with Gasteiger partial charge in [-0.05, 0) is 80.1 Å². The van der Waals surface area contributed by atoms with Gasteiger partial charge in [-0.3, -0.25) is 29.4 Å². The van der Waals surface area contributed by atoms with Crippen LogP contribution in [0.5, 0.6) is 11.5 Å². The molecule has 2 atom stereocenters. The van der Waals surface area contributed by atoms with Crippen LogP contribution in [0.4, 0.5) is 11.6 Å². The molecule has 8 rings (SSSR count). The second-order valence-corrected chi connectivity index (χ2v) is 15.8. The fraction of sp³-hybridized carbons (Fsp3) is 0.395. The van der Waals surface area contributed by atoms with Gasteiger partial charge in [-0.1, -0.05) is 38.1 Å². The highest BCUT2D eigenvalue weighted by molar-refractivity contribution is 6.23. The Kier molecular flexibility index (Phi) is 9.96. The molecule has 0 unspecified atom stereocenters. The molecule has 13 heteroatoms. The molecule has 3 fully saturated rings. The lowest BCUT2D eigenvalue weighted by atomic mass is 9.78. The van der Waals surface area contributed by atoms with Crippen molar-refractivity contribution in [3.63, 3.8) is 0 Å². The van der Waals surface area contributed by atoms with Crippen LogP contribution in [0.3, 0.4) is 0 Å². The lowest BCUT2D eigenvalue weighted by Crippen LogP contribution is -2.54. The molecule has 1 saturated carbocycles. The van der Waals surface area contributed by atoms with Gasteiger partial charge in [0.25, 0.3) is 11.8 Å². The maximum atomic E-state index is 13.2. The Morgan fingerprint density at radius 2 is 1.57 bits per heavy atom. The fourth-order valence-electron chi connectivity index (χ4n) is 7.86. The molecular weight excluding hydrogens is 711 g/mol. The van der Waals surface area contributed by atoms with Crippen LogP contribution in [-0.2, 0) is 21.6 Å². The van der Waals surface area contributed by atoms with E-state index >= 15 is 0 Å². The van der Waals surface area contributed by atoms with Gasteiger partial charge >= 0.3 is 0 Å². The topological polar surface area (TPSA) is 146 Å². The van der Waals surface area contributed by atoms with Gasteiger partial charge in [0.05, 0.1) is 16.8 Å². The molecule has 4 aliphatic rings. The van der Waals surface area contributed by atoms with E-state index in [-0.39, 0.29) is 41.5 Å². The number of carbonyl (C=O) groups is 4. The Hall–Kier alpha value is -5.82. The number of rotatable bonds is 11. The van der Waals surface area contributed by atoms with Crippen molar-refractivity contribution in [2.24, 2.45) is 0 Å². The molecule has 2 N–H and O–H groups in total. The van der Waals surface area contributed by atoms with Gasteiger partial charge in [0, 0.05) is 68.3 Å². The summed E-state index contributed by atoms with van der Waals surface area (Å²) in [6.07, 6.45) is 3.62. The summed E-state index contributed by atoms with van der Waals surface area (Å²) >= 11 is 0. The minimum absolute atomic E-state index is 0.0454. The lowest BCUT2D eigenvalue weighted by molar-refractivity contribution is -0.136. The normalized spacial score (nSPS) is 22.7. The first-order valence-electron chi connectivity index (χ1n) is 19.3. The number of imide groups is 2. The first-order valence-corrected chi connectivity index (χ1v) is 19.3. The number of anilines is 2. The number of nitrogens with one attached hydrogen (secondary N) is 2. The van der Waals surface area contributed by atoms with Gasteiger partial charge in [-0.25, -0.2) is 9.97 Å². The minimum Gasteiger partial charge on any atom is -0.490 e. The van der Waals surface area contributed by atoms with Crippen molar-refractivity contribution in [3.8, 4) is 11.5 Å². The molecule has 2 saturated heterocycles. The van der Waals surface area contributed by atoms with Gasteiger partial charge in [-0.15, -0.1) is 0 Å². The molecule has 3 aromatic carbocycles. The Balaban J connectivity index is 0.811. The largest absolute Gasteiger partial charge is 0.490 e. The zero-order valence-electron chi connectivity index (χ0n) is 32.2. The predicted molar refractivity (Wildman–Crippen MR) is 210 cm³/mol. The molecule has 0 radical (unpaired) electrons. The second-order valence-electron chi connectivity index (χ2n) is 15.8. The molecule has 290 valence electrons. The van der Waals surface area contributed by atoms with Crippen molar-refractivity contribution in [2.75, 3.05) is 36.9 Å². The van der Waals surface area contributed by atoms with Crippen LogP contribution in [0.15, 0.2) is 79.0 Å². The highest BCUT2D eigenvalue weighted by Crippen LogP contribution is 2.36. The summed E-state index contributed by atoms with van der Waals surface area (Å²) in [7, 11) is 2.15. The average molecular weight is 758 g/mol. The first kappa shape index (κ1) is 37.1. The molecule has 4 aromatic rings. The van der Waals surface area contributed by atoms with Crippen molar-refractivity contribution in [1.29, 1.82) is 0 Å². The van der Waals surface area contributed by atoms with Gasteiger partial charge in [-0.2, -0.15) is 0 Å². The average Bonchev–Trinajstić information content (AvgIpc) is 3.42. The third-order valence-electron chi connectivity index (χ3n) is 11.7. The molecule has 56 heavy (non-hydrogen) atoms. The standard InChI is InChI=1S/C43H47N7O6/c1-26-24-49(20-19-48(26)4)42-44-18-17-30(46-42)25-55-32-10-5-27(6-11-32)43(2,3)28-7-12-33(13-8-28)56-34-21-31(22-34)45-29-9-14-35-36(23-29)41(54)50(40(35)53)37-15-16-38(51)47-39(37)52/h5-14,17-18,23,26,31,34,37,45H,15-16,19-22,24-25H2,1-4H3,(H,47,51,52)/t26-,31?,34?,37-/m1/s1. The van der Waals surface area contributed by atoms with Crippen molar-refractivity contribution in [3.05, 3.63) is 107 Å². The van der Waals surface area contributed by atoms with Crippen LogP contribution in [0.1, 0.15) is 84.0 Å². The summed E-state index contributed by atoms with van der Waals surface area (Å²) in [5.74, 6) is 0.293. The molecule has 1 aliphatic carbocycles. The summed E-state index contributed by atoms with van der Waals surface area (Å²) in [4.78, 5) is 65.0. The molecule has 13 nitrogen and oxygen atoms in total. The number of fused-ring (bicyclic) bond motifs is 1. The molecule has 0 spiro atoms. The molecular formula is C43H47N7O6. The van der Waals surface area contributed by atoms with Crippen molar-refractivity contribution < 1.29 is 28.7 Å². The maximum absolute atomic E-state index is 13.2. The fourth-order valence-corrected chi connectivity index (χ4v) is 7.86. The zero-order chi connectivity index (χ0) is 39.1. The van der Waals surface area contributed by atoms with Gasteiger partial charge < -0.3 is 24.6 Å². The van der Waals surface area contributed by atoms with Crippen molar-refractivity contribution >= 4 is 35.3 Å². The van der Waals surface area contributed by atoms with E-state index in [9.17, 15) is 19.2 Å². The summed E-state index contributed by atoms with van der Waals surface area (Å²) in [5, 5.41) is 5.67. The summed E-state index contributed by atoms with van der Waals surface area (Å²) in [6, 6.07) is 23.1. The monoisotopic (exact) mass is 757 g/mol. The number of hydrogen-bond acceptors (Lipinski definition) is 11. The van der Waals surface area contributed by atoms with Crippen molar-refractivity contribution in [2.45, 2.75) is 82.7 Å². The molecule has 3 aliphatic heterocycles. The van der Waals surface area contributed by atoms with Crippen LogP contribution in [0, 0.1) is 0 Å². The Bertz CT molecular complexity index is 2150. The second kappa shape index (κ2) is 15.0. The van der Waals surface area contributed by atoms with Crippen LogP contribution >= 0.6 is 0 Å².